The van der Waals surface area contributed by atoms with Crippen molar-refractivity contribution < 1.29 is 4.79 Å². The standard InChI is InChI=1S/C11H14N2O/c1-8(14)13-10-4-2-3-9(7-10)11-5-6-12-11/h2-4,7,11-12H,5-6H2,1H3,(H,13,14). The number of carbonyl (C=O) groups excluding carboxylic acids is 1. The van der Waals surface area contributed by atoms with Gasteiger partial charge in [0.2, 0.25) is 5.91 Å². The molecule has 1 fully saturated rings. The molecular weight excluding hydrogens is 176 g/mol. The molecule has 0 radical (unpaired) electrons. The molecule has 0 bridgehead atoms. The first-order valence-electron chi connectivity index (χ1n) is 4.86. The number of hydrogen-bond acceptors (Lipinski definition) is 2. The SMILES string of the molecule is CC(=O)Nc1cccc(C2CCN2)c1. The Kier molecular flexibility index (Phi) is 2.50. The van der Waals surface area contributed by atoms with Crippen molar-refractivity contribution >= 4 is 11.6 Å². The van der Waals surface area contributed by atoms with E-state index in [1.165, 1.54) is 18.9 Å². The zero-order valence-corrected chi connectivity index (χ0v) is 8.21. The third kappa shape index (κ3) is 1.93. The highest BCUT2D eigenvalue weighted by Gasteiger charge is 2.18. The van der Waals surface area contributed by atoms with E-state index in [9.17, 15) is 4.79 Å². The quantitative estimate of drug-likeness (QED) is 0.745. The first-order valence-corrected chi connectivity index (χ1v) is 4.86. The average molecular weight is 190 g/mol. The molecule has 2 rings (SSSR count). The van der Waals surface area contributed by atoms with E-state index in [1.54, 1.807) is 0 Å². The maximum Gasteiger partial charge on any atom is 0.221 e. The summed E-state index contributed by atoms with van der Waals surface area (Å²) < 4.78 is 0. The van der Waals surface area contributed by atoms with Gasteiger partial charge < -0.3 is 10.6 Å². The summed E-state index contributed by atoms with van der Waals surface area (Å²) in [5.74, 6) is -0.0243. The molecular formula is C11H14N2O. The van der Waals surface area contributed by atoms with Crippen LogP contribution in [0.5, 0.6) is 0 Å². The van der Waals surface area contributed by atoms with Gasteiger partial charge in [-0.3, -0.25) is 4.79 Å². The second kappa shape index (κ2) is 3.80. The van der Waals surface area contributed by atoms with Gasteiger partial charge in [-0.25, -0.2) is 0 Å². The van der Waals surface area contributed by atoms with Crippen LogP contribution in [0.2, 0.25) is 0 Å². The molecule has 74 valence electrons. The van der Waals surface area contributed by atoms with Crippen molar-refractivity contribution in [2.24, 2.45) is 0 Å². The van der Waals surface area contributed by atoms with Crippen molar-refractivity contribution in [3.05, 3.63) is 29.8 Å². The Morgan fingerprint density at radius 3 is 2.93 bits per heavy atom. The Balaban J connectivity index is 2.13. The van der Waals surface area contributed by atoms with Gasteiger partial charge in [0.25, 0.3) is 0 Å². The molecule has 1 aromatic rings. The topological polar surface area (TPSA) is 41.1 Å². The van der Waals surface area contributed by atoms with Crippen molar-refractivity contribution in [3.63, 3.8) is 0 Å². The molecule has 1 amide bonds. The van der Waals surface area contributed by atoms with Crippen LogP contribution in [0.3, 0.4) is 0 Å². The molecule has 0 aliphatic carbocycles. The maximum absolute atomic E-state index is 10.9. The number of hydrogen-bond donors (Lipinski definition) is 2. The average Bonchev–Trinajstić information content (AvgIpc) is 1.99. The Morgan fingerprint density at radius 2 is 2.36 bits per heavy atom. The highest BCUT2D eigenvalue weighted by Crippen LogP contribution is 2.24. The summed E-state index contributed by atoms with van der Waals surface area (Å²) in [5, 5.41) is 6.11. The molecule has 0 aromatic heterocycles. The Morgan fingerprint density at radius 1 is 1.57 bits per heavy atom. The van der Waals surface area contributed by atoms with Gasteiger partial charge in [-0.05, 0) is 30.7 Å². The number of carbonyl (C=O) groups is 1. The molecule has 1 aliphatic heterocycles. The summed E-state index contributed by atoms with van der Waals surface area (Å²) >= 11 is 0. The predicted molar refractivity (Wildman–Crippen MR) is 56.1 cm³/mol. The molecule has 1 heterocycles. The van der Waals surface area contributed by atoms with E-state index in [4.69, 9.17) is 0 Å². The van der Waals surface area contributed by atoms with E-state index in [0.29, 0.717) is 6.04 Å². The highest BCUT2D eigenvalue weighted by molar-refractivity contribution is 5.88. The van der Waals surface area contributed by atoms with Crippen LogP contribution in [0.25, 0.3) is 0 Å². The second-order valence-corrected chi connectivity index (χ2v) is 3.60. The lowest BCUT2D eigenvalue weighted by Gasteiger charge is -2.28. The number of rotatable bonds is 2. The Hall–Kier alpha value is -1.35. The van der Waals surface area contributed by atoms with E-state index in [0.717, 1.165) is 12.2 Å². The van der Waals surface area contributed by atoms with Crippen LogP contribution in [0.4, 0.5) is 5.69 Å². The van der Waals surface area contributed by atoms with Crippen LogP contribution in [0.15, 0.2) is 24.3 Å². The van der Waals surface area contributed by atoms with E-state index < -0.39 is 0 Å². The molecule has 1 aromatic carbocycles. The first-order chi connectivity index (χ1) is 6.75. The van der Waals surface area contributed by atoms with Crippen molar-refractivity contribution in [3.8, 4) is 0 Å². The van der Waals surface area contributed by atoms with Gasteiger partial charge in [0.15, 0.2) is 0 Å². The lowest BCUT2D eigenvalue weighted by Crippen LogP contribution is -2.34. The van der Waals surface area contributed by atoms with Crippen LogP contribution < -0.4 is 10.6 Å². The van der Waals surface area contributed by atoms with Crippen molar-refractivity contribution in [1.82, 2.24) is 5.32 Å². The van der Waals surface area contributed by atoms with Gasteiger partial charge >= 0.3 is 0 Å². The fourth-order valence-corrected chi connectivity index (χ4v) is 1.61. The maximum atomic E-state index is 10.9. The third-order valence-corrected chi connectivity index (χ3v) is 2.43. The number of benzene rings is 1. The van der Waals surface area contributed by atoms with E-state index in [2.05, 4.69) is 16.7 Å². The van der Waals surface area contributed by atoms with Crippen LogP contribution >= 0.6 is 0 Å². The molecule has 1 saturated heterocycles. The first kappa shape index (κ1) is 9.21. The summed E-state index contributed by atoms with van der Waals surface area (Å²) in [6, 6.07) is 8.47. The van der Waals surface area contributed by atoms with Gasteiger partial charge in [-0.2, -0.15) is 0 Å². The van der Waals surface area contributed by atoms with Gasteiger partial charge in [0.1, 0.15) is 0 Å². The molecule has 2 N–H and O–H groups in total. The molecule has 1 atom stereocenters. The van der Waals surface area contributed by atoms with Crippen molar-refractivity contribution in [2.45, 2.75) is 19.4 Å². The smallest absolute Gasteiger partial charge is 0.221 e. The van der Waals surface area contributed by atoms with Gasteiger partial charge in [0.05, 0.1) is 0 Å². The molecule has 0 spiro atoms. The molecule has 3 heteroatoms. The normalized spacial score (nSPS) is 19.9. The van der Waals surface area contributed by atoms with Gasteiger partial charge in [0, 0.05) is 18.7 Å². The van der Waals surface area contributed by atoms with Gasteiger partial charge in [-0.1, -0.05) is 12.1 Å². The minimum atomic E-state index is -0.0243. The fraction of sp³-hybridized carbons (Fsp3) is 0.364. The molecule has 1 unspecified atom stereocenters. The van der Waals surface area contributed by atoms with E-state index in [-0.39, 0.29) is 5.91 Å². The highest BCUT2D eigenvalue weighted by atomic mass is 16.1. The van der Waals surface area contributed by atoms with Crippen molar-refractivity contribution in [1.29, 1.82) is 0 Å². The molecule has 14 heavy (non-hydrogen) atoms. The Bertz CT molecular complexity index is 345. The summed E-state index contributed by atoms with van der Waals surface area (Å²) in [6.45, 7) is 2.61. The second-order valence-electron chi connectivity index (χ2n) is 3.60. The summed E-state index contributed by atoms with van der Waals surface area (Å²) in [7, 11) is 0. The van der Waals surface area contributed by atoms with Crippen LogP contribution in [-0.2, 0) is 4.79 Å². The van der Waals surface area contributed by atoms with Crippen LogP contribution in [-0.4, -0.2) is 12.5 Å². The minimum Gasteiger partial charge on any atom is -0.326 e. The lowest BCUT2D eigenvalue weighted by molar-refractivity contribution is -0.114. The Labute approximate surface area is 83.5 Å². The van der Waals surface area contributed by atoms with Crippen molar-refractivity contribution in [2.75, 3.05) is 11.9 Å². The van der Waals surface area contributed by atoms with Gasteiger partial charge in [-0.15, -0.1) is 0 Å². The monoisotopic (exact) mass is 190 g/mol. The van der Waals surface area contributed by atoms with Crippen LogP contribution in [0.1, 0.15) is 24.9 Å². The molecule has 3 nitrogen and oxygen atoms in total. The summed E-state index contributed by atoms with van der Waals surface area (Å²) in [6.07, 6.45) is 1.18. The fourth-order valence-electron chi connectivity index (χ4n) is 1.61. The molecule has 1 aliphatic rings. The number of anilines is 1. The number of nitrogens with one attached hydrogen (secondary N) is 2. The zero-order valence-electron chi connectivity index (χ0n) is 8.21. The van der Waals surface area contributed by atoms with E-state index >= 15 is 0 Å². The third-order valence-electron chi connectivity index (χ3n) is 2.43. The summed E-state index contributed by atoms with van der Waals surface area (Å²) in [4.78, 5) is 10.9. The zero-order chi connectivity index (χ0) is 9.97. The minimum absolute atomic E-state index is 0.0243. The molecule has 0 saturated carbocycles. The largest absolute Gasteiger partial charge is 0.326 e. The van der Waals surface area contributed by atoms with Crippen LogP contribution in [0, 0.1) is 0 Å². The number of amides is 1. The summed E-state index contributed by atoms with van der Waals surface area (Å²) in [5.41, 5.74) is 2.13. The lowest BCUT2D eigenvalue weighted by atomic mass is 9.98. The van der Waals surface area contributed by atoms with E-state index in [1.807, 2.05) is 18.2 Å². The predicted octanol–water partition coefficient (Wildman–Crippen LogP) is 1.68.